The van der Waals surface area contributed by atoms with Gasteiger partial charge in [0.15, 0.2) is 5.65 Å². The highest BCUT2D eigenvalue weighted by molar-refractivity contribution is 5.69. The molecular weight excluding hydrogens is 206 g/mol. The average Bonchev–Trinajstić information content (AvgIpc) is 2.60. The Hall–Kier alpha value is -1.91. The summed E-state index contributed by atoms with van der Waals surface area (Å²) in [5, 5.41) is 16.8. The number of hydrogen-bond donors (Lipinski definition) is 1. The highest BCUT2D eigenvalue weighted by atomic mass is 16.4. The minimum Gasteiger partial charge on any atom is -0.481 e. The number of carbonyl (C=O) groups is 1. The number of fused-ring (bicyclic) bond motifs is 1. The van der Waals surface area contributed by atoms with Crippen molar-refractivity contribution in [2.45, 2.75) is 20.3 Å². The lowest BCUT2D eigenvalue weighted by atomic mass is 10.0. The SMILES string of the molecule is Cc1nnc2ccc(CC(C)C(=O)O)cn12. The Bertz CT molecular complexity index is 533. The van der Waals surface area contributed by atoms with Crippen LogP contribution in [0.15, 0.2) is 18.3 Å². The molecule has 0 aliphatic carbocycles. The lowest BCUT2D eigenvalue weighted by Crippen LogP contribution is -2.12. The summed E-state index contributed by atoms with van der Waals surface area (Å²) in [5.74, 6) is -0.352. The quantitative estimate of drug-likeness (QED) is 0.844. The average molecular weight is 219 g/mol. The van der Waals surface area contributed by atoms with E-state index in [0.29, 0.717) is 6.42 Å². The molecule has 2 rings (SSSR count). The van der Waals surface area contributed by atoms with Crippen LogP contribution < -0.4 is 0 Å². The van der Waals surface area contributed by atoms with Gasteiger partial charge >= 0.3 is 5.97 Å². The van der Waals surface area contributed by atoms with Crippen LogP contribution in [0.1, 0.15) is 18.3 Å². The highest BCUT2D eigenvalue weighted by Gasteiger charge is 2.12. The van der Waals surface area contributed by atoms with Gasteiger partial charge in [0.2, 0.25) is 0 Å². The van der Waals surface area contributed by atoms with E-state index >= 15 is 0 Å². The van der Waals surface area contributed by atoms with Crippen LogP contribution in [0.3, 0.4) is 0 Å². The fourth-order valence-electron chi connectivity index (χ4n) is 1.61. The van der Waals surface area contributed by atoms with E-state index in [4.69, 9.17) is 5.11 Å². The van der Waals surface area contributed by atoms with Crippen LogP contribution in [0.25, 0.3) is 5.65 Å². The number of carboxylic acid groups (broad SMARTS) is 1. The zero-order chi connectivity index (χ0) is 11.7. The molecule has 1 unspecified atom stereocenters. The molecule has 0 amide bonds. The van der Waals surface area contributed by atoms with Gasteiger partial charge in [-0.3, -0.25) is 9.20 Å². The Labute approximate surface area is 92.7 Å². The maximum atomic E-state index is 10.8. The molecule has 1 atom stereocenters. The Morgan fingerprint density at radius 3 is 2.94 bits per heavy atom. The Kier molecular flexibility index (Phi) is 2.60. The van der Waals surface area contributed by atoms with Crippen molar-refractivity contribution in [1.82, 2.24) is 14.6 Å². The molecule has 0 spiro atoms. The normalized spacial score (nSPS) is 12.9. The van der Waals surface area contributed by atoms with E-state index in [0.717, 1.165) is 17.0 Å². The predicted octanol–water partition coefficient (Wildman–Crippen LogP) is 1.30. The number of carboxylic acids is 1. The molecular formula is C11H13N3O2. The first-order valence-electron chi connectivity index (χ1n) is 5.11. The number of nitrogens with zero attached hydrogens (tertiary/aromatic N) is 3. The molecule has 0 fully saturated rings. The minimum atomic E-state index is -0.777. The number of pyridine rings is 1. The summed E-state index contributed by atoms with van der Waals surface area (Å²) in [5.41, 5.74) is 1.76. The van der Waals surface area contributed by atoms with Crippen LogP contribution in [0.4, 0.5) is 0 Å². The first kappa shape index (κ1) is 10.6. The fourth-order valence-corrected chi connectivity index (χ4v) is 1.61. The molecule has 0 bridgehead atoms. The molecule has 2 heterocycles. The van der Waals surface area contributed by atoms with Crippen LogP contribution in [-0.2, 0) is 11.2 Å². The fraction of sp³-hybridized carbons (Fsp3) is 0.364. The van der Waals surface area contributed by atoms with Gasteiger partial charge in [-0.25, -0.2) is 0 Å². The van der Waals surface area contributed by atoms with Crippen molar-refractivity contribution in [3.05, 3.63) is 29.7 Å². The second-order valence-corrected chi connectivity index (χ2v) is 3.96. The van der Waals surface area contributed by atoms with Crippen LogP contribution in [0, 0.1) is 12.8 Å². The predicted molar refractivity (Wildman–Crippen MR) is 58.2 cm³/mol. The van der Waals surface area contributed by atoms with Crippen LogP contribution in [-0.4, -0.2) is 25.7 Å². The maximum absolute atomic E-state index is 10.8. The highest BCUT2D eigenvalue weighted by Crippen LogP contribution is 2.11. The van der Waals surface area contributed by atoms with Crippen LogP contribution in [0.5, 0.6) is 0 Å². The van der Waals surface area contributed by atoms with Gasteiger partial charge in [-0.2, -0.15) is 0 Å². The molecule has 2 aromatic heterocycles. The molecule has 0 radical (unpaired) electrons. The van der Waals surface area contributed by atoms with E-state index < -0.39 is 5.97 Å². The van der Waals surface area contributed by atoms with Gasteiger partial charge in [0.05, 0.1) is 5.92 Å². The second kappa shape index (κ2) is 3.92. The van der Waals surface area contributed by atoms with Gasteiger partial charge in [0.25, 0.3) is 0 Å². The molecule has 0 saturated heterocycles. The molecule has 0 aliphatic rings. The molecule has 0 saturated carbocycles. The summed E-state index contributed by atoms with van der Waals surface area (Å²) in [7, 11) is 0. The third-order valence-electron chi connectivity index (χ3n) is 2.60. The summed E-state index contributed by atoms with van der Waals surface area (Å²) in [6.07, 6.45) is 2.41. The number of aryl methyl sites for hydroxylation is 1. The zero-order valence-electron chi connectivity index (χ0n) is 9.21. The van der Waals surface area contributed by atoms with Crippen molar-refractivity contribution in [2.24, 2.45) is 5.92 Å². The van der Waals surface area contributed by atoms with E-state index in [-0.39, 0.29) is 5.92 Å². The topological polar surface area (TPSA) is 67.5 Å². The summed E-state index contributed by atoms with van der Waals surface area (Å²) in [6.45, 7) is 3.57. The zero-order valence-corrected chi connectivity index (χ0v) is 9.21. The number of rotatable bonds is 3. The van der Waals surface area contributed by atoms with Crippen molar-refractivity contribution in [3.8, 4) is 0 Å². The van der Waals surface area contributed by atoms with Crippen molar-refractivity contribution in [3.63, 3.8) is 0 Å². The maximum Gasteiger partial charge on any atom is 0.306 e. The summed E-state index contributed by atoms with van der Waals surface area (Å²) in [6, 6.07) is 3.74. The third-order valence-corrected chi connectivity index (χ3v) is 2.60. The third kappa shape index (κ3) is 1.88. The summed E-state index contributed by atoms with van der Waals surface area (Å²) in [4.78, 5) is 10.8. The van der Waals surface area contributed by atoms with E-state index in [1.165, 1.54) is 0 Å². The monoisotopic (exact) mass is 219 g/mol. The van der Waals surface area contributed by atoms with E-state index in [1.54, 1.807) is 6.92 Å². The lowest BCUT2D eigenvalue weighted by Gasteiger charge is -2.06. The summed E-state index contributed by atoms with van der Waals surface area (Å²) < 4.78 is 1.86. The second-order valence-electron chi connectivity index (χ2n) is 3.96. The lowest BCUT2D eigenvalue weighted by molar-refractivity contribution is -0.141. The molecule has 16 heavy (non-hydrogen) atoms. The van der Waals surface area contributed by atoms with Gasteiger partial charge in [-0.15, -0.1) is 10.2 Å². The Morgan fingerprint density at radius 2 is 2.25 bits per heavy atom. The molecule has 0 aliphatic heterocycles. The van der Waals surface area contributed by atoms with Gasteiger partial charge in [-0.05, 0) is 25.0 Å². The largest absolute Gasteiger partial charge is 0.481 e. The standard InChI is InChI=1S/C11H13N3O2/c1-7(11(15)16)5-9-3-4-10-13-12-8(2)14(10)6-9/h3-4,6-7H,5H2,1-2H3,(H,15,16). The molecule has 0 aromatic carbocycles. The summed E-state index contributed by atoms with van der Waals surface area (Å²) >= 11 is 0. The van der Waals surface area contributed by atoms with Crippen molar-refractivity contribution in [2.75, 3.05) is 0 Å². The van der Waals surface area contributed by atoms with Crippen LogP contribution >= 0.6 is 0 Å². The van der Waals surface area contributed by atoms with E-state index in [9.17, 15) is 4.79 Å². The van der Waals surface area contributed by atoms with Gasteiger partial charge < -0.3 is 5.11 Å². The first-order valence-corrected chi connectivity index (χ1v) is 5.11. The van der Waals surface area contributed by atoms with E-state index in [2.05, 4.69) is 10.2 Å². The van der Waals surface area contributed by atoms with Crippen molar-refractivity contribution >= 4 is 11.6 Å². The molecule has 2 aromatic rings. The first-order chi connectivity index (χ1) is 7.58. The van der Waals surface area contributed by atoms with Crippen molar-refractivity contribution < 1.29 is 9.90 Å². The van der Waals surface area contributed by atoms with Gasteiger partial charge in [-0.1, -0.05) is 13.0 Å². The van der Waals surface area contributed by atoms with Crippen molar-refractivity contribution in [1.29, 1.82) is 0 Å². The Balaban J connectivity index is 2.32. The Morgan fingerprint density at radius 1 is 1.50 bits per heavy atom. The van der Waals surface area contributed by atoms with Gasteiger partial charge in [0.1, 0.15) is 5.82 Å². The molecule has 5 heteroatoms. The molecule has 5 nitrogen and oxygen atoms in total. The van der Waals surface area contributed by atoms with E-state index in [1.807, 2.05) is 29.7 Å². The number of hydrogen-bond acceptors (Lipinski definition) is 3. The molecule has 1 N–H and O–H groups in total. The number of aliphatic carboxylic acids is 1. The smallest absolute Gasteiger partial charge is 0.306 e. The van der Waals surface area contributed by atoms with Gasteiger partial charge in [0, 0.05) is 6.20 Å². The molecule has 84 valence electrons. The van der Waals surface area contributed by atoms with Crippen LogP contribution in [0.2, 0.25) is 0 Å². The number of aromatic nitrogens is 3. The minimum absolute atomic E-state index is 0.380.